The van der Waals surface area contributed by atoms with Crippen molar-refractivity contribution in [3.05, 3.63) is 21.9 Å². The smallest absolute Gasteiger partial charge is 0.0589 e. The van der Waals surface area contributed by atoms with Gasteiger partial charge in [-0.2, -0.15) is 0 Å². The van der Waals surface area contributed by atoms with Crippen LogP contribution in [0.25, 0.3) is 0 Å². The minimum atomic E-state index is -0.219. The Hall–Kier alpha value is -0.380. The maximum atomic E-state index is 9.76. The Labute approximate surface area is 95.9 Å². The number of aliphatic hydroxyl groups is 1. The van der Waals surface area contributed by atoms with E-state index < -0.39 is 0 Å². The molecule has 0 fully saturated rings. The Balaban J connectivity index is 2.27. The van der Waals surface area contributed by atoms with E-state index in [4.69, 9.17) is 4.74 Å². The summed E-state index contributed by atoms with van der Waals surface area (Å²) in [6.45, 7) is 2.90. The first-order valence-corrected chi connectivity index (χ1v) is 6.32. The number of hydrogen-bond acceptors (Lipinski definition) is 3. The molecule has 1 rings (SSSR count). The van der Waals surface area contributed by atoms with Crippen molar-refractivity contribution >= 4 is 11.3 Å². The molecular formula is C12H20O2S. The standard InChI is InChI=1S/C12H20O2S/c1-3-11-6-7-12(15-11)9-10(13)5-4-8-14-2/h6-7,10,13H,3-5,8-9H2,1-2H3. The molecule has 1 atom stereocenters. The summed E-state index contributed by atoms with van der Waals surface area (Å²) in [6, 6.07) is 4.28. The molecule has 1 N–H and O–H groups in total. The highest BCUT2D eigenvalue weighted by Crippen LogP contribution is 2.19. The lowest BCUT2D eigenvalue weighted by atomic mass is 10.1. The third-order valence-corrected chi connectivity index (χ3v) is 3.64. The van der Waals surface area contributed by atoms with Gasteiger partial charge in [-0.15, -0.1) is 11.3 Å². The minimum Gasteiger partial charge on any atom is -0.393 e. The first-order valence-electron chi connectivity index (χ1n) is 5.50. The van der Waals surface area contributed by atoms with Gasteiger partial charge in [0, 0.05) is 29.9 Å². The van der Waals surface area contributed by atoms with E-state index in [0.29, 0.717) is 0 Å². The highest BCUT2D eigenvalue weighted by Gasteiger charge is 2.07. The maximum absolute atomic E-state index is 9.76. The summed E-state index contributed by atoms with van der Waals surface area (Å²) in [5.74, 6) is 0. The summed E-state index contributed by atoms with van der Waals surface area (Å²) in [6.07, 6.45) is 3.42. The number of hydrogen-bond donors (Lipinski definition) is 1. The van der Waals surface area contributed by atoms with Crippen LogP contribution in [0, 0.1) is 0 Å². The van der Waals surface area contributed by atoms with E-state index in [1.807, 2.05) is 11.3 Å². The van der Waals surface area contributed by atoms with Gasteiger partial charge in [0.05, 0.1) is 6.10 Å². The summed E-state index contributed by atoms with van der Waals surface area (Å²) in [5.41, 5.74) is 0. The maximum Gasteiger partial charge on any atom is 0.0589 e. The van der Waals surface area contributed by atoms with Crippen molar-refractivity contribution in [3.8, 4) is 0 Å². The van der Waals surface area contributed by atoms with Crippen LogP contribution in [0.15, 0.2) is 12.1 Å². The average molecular weight is 228 g/mol. The van der Waals surface area contributed by atoms with Gasteiger partial charge >= 0.3 is 0 Å². The molecule has 0 aliphatic heterocycles. The van der Waals surface area contributed by atoms with Gasteiger partial charge in [0.15, 0.2) is 0 Å². The highest BCUT2D eigenvalue weighted by molar-refractivity contribution is 7.11. The predicted molar refractivity (Wildman–Crippen MR) is 64.5 cm³/mol. The molecule has 15 heavy (non-hydrogen) atoms. The van der Waals surface area contributed by atoms with Crippen LogP contribution in [0.1, 0.15) is 29.5 Å². The third kappa shape index (κ3) is 4.78. The summed E-state index contributed by atoms with van der Waals surface area (Å²) < 4.78 is 4.96. The molecule has 1 aromatic heterocycles. The van der Waals surface area contributed by atoms with Gasteiger partial charge in [-0.1, -0.05) is 6.92 Å². The first kappa shape index (κ1) is 12.7. The number of methoxy groups -OCH3 is 1. The highest BCUT2D eigenvalue weighted by atomic mass is 32.1. The zero-order chi connectivity index (χ0) is 11.1. The van der Waals surface area contributed by atoms with Crippen LogP contribution in [0.5, 0.6) is 0 Å². The van der Waals surface area contributed by atoms with Crippen LogP contribution >= 0.6 is 11.3 Å². The molecule has 3 heteroatoms. The van der Waals surface area contributed by atoms with Crippen LogP contribution in [-0.2, 0) is 17.6 Å². The van der Waals surface area contributed by atoms with E-state index in [9.17, 15) is 5.11 Å². The normalized spacial score (nSPS) is 13.0. The van der Waals surface area contributed by atoms with Crippen molar-refractivity contribution in [1.29, 1.82) is 0 Å². The van der Waals surface area contributed by atoms with Crippen LogP contribution in [0.2, 0.25) is 0 Å². The van der Waals surface area contributed by atoms with Crippen LogP contribution < -0.4 is 0 Å². The lowest BCUT2D eigenvalue weighted by molar-refractivity contribution is 0.136. The molecule has 1 aromatic rings. The van der Waals surface area contributed by atoms with Gasteiger partial charge < -0.3 is 9.84 Å². The summed E-state index contributed by atoms with van der Waals surface area (Å²) in [4.78, 5) is 2.69. The zero-order valence-corrected chi connectivity index (χ0v) is 10.3. The Morgan fingerprint density at radius 3 is 2.73 bits per heavy atom. The van der Waals surface area contributed by atoms with E-state index >= 15 is 0 Å². The lowest BCUT2D eigenvalue weighted by Gasteiger charge is -2.08. The summed E-state index contributed by atoms with van der Waals surface area (Å²) in [7, 11) is 1.69. The van der Waals surface area contributed by atoms with Crippen LogP contribution in [-0.4, -0.2) is 24.9 Å². The minimum absolute atomic E-state index is 0.219. The van der Waals surface area contributed by atoms with Crippen molar-refractivity contribution in [3.63, 3.8) is 0 Å². The number of rotatable bonds is 7. The molecule has 1 unspecified atom stereocenters. The fraction of sp³-hybridized carbons (Fsp3) is 0.667. The van der Waals surface area contributed by atoms with E-state index in [2.05, 4.69) is 19.1 Å². The monoisotopic (exact) mass is 228 g/mol. The fourth-order valence-electron chi connectivity index (χ4n) is 1.52. The van der Waals surface area contributed by atoms with Gasteiger partial charge in [0.1, 0.15) is 0 Å². The molecule has 0 saturated carbocycles. The fourth-order valence-corrected chi connectivity index (χ4v) is 2.55. The van der Waals surface area contributed by atoms with E-state index in [-0.39, 0.29) is 6.10 Å². The van der Waals surface area contributed by atoms with Crippen LogP contribution in [0.4, 0.5) is 0 Å². The topological polar surface area (TPSA) is 29.5 Å². The molecule has 0 aliphatic rings. The van der Waals surface area contributed by atoms with Gasteiger partial charge in [0.25, 0.3) is 0 Å². The Bertz CT molecular complexity index is 270. The van der Waals surface area contributed by atoms with E-state index in [1.54, 1.807) is 7.11 Å². The Morgan fingerprint density at radius 1 is 1.40 bits per heavy atom. The molecule has 0 aliphatic carbocycles. The lowest BCUT2D eigenvalue weighted by Crippen LogP contribution is -2.10. The van der Waals surface area contributed by atoms with Crippen molar-refractivity contribution in [2.24, 2.45) is 0 Å². The molecule has 0 spiro atoms. The molecule has 0 radical (unpaired) electrons. The van der Waals surface area contributed by atoms with Crippen LogP contribution in [0.3, 0.4) is 0 Å². The third-order valence-electron chi connectivity index (χ3n) is 2.39. The SMILES string of the molecule is CCc1ccc(CC(O)CCCOC)s1. The van der Waals surface area contributed by atoms with Crippen molar-refractivity contribution < 1.29 is 9.84 Å². The summed E-state index contributed by atoms with van der Waals surface area (Å²) in [5, 5.41) is 9.76. The van der Waals surface area contributed by atoms with Gasteiger partial charge in [-0.3, -0.25) is 0 Å². The van der Waals surface area contributed by atoms with Gasteiger partial charge in [-0.05, 0) is 31.4 Å². The van der Waals surface area contributed by atoms with Crippen molar-refractivity contribution in [2.75, 3.05) is 13.7 Å². The number of thiophene rings is 1. The second-order valence-electron chi connectivity index (χ2n) is 3.71. The number of ether oxygens (including phenoxy) is 1. The molecule has 0 bridgehead atoms. The number of aryl methyl sites for hydroxylation is 1. The zero-order valence-electron chi connectivity index (χ0n) is 9.53. The molecule has 0 amide bonds. The first-order chi connectivity index (χ1) is 7.26. The van der Waals surface area contributed by atoms with Crippen molar-refractivity contribution in [2.45, 2.75) is 38.7 Å². The van der Waals surface area contributed by atoms with E-state index in [1.165, 1.54) is 9.75 Å². The second-order valence-corrected chi connectivity index (χ2v) is 4.97. The Morgan fingerprint density at radius 2 is 2.13 bits per heavy atom. The van der Waals surface area contributed by atoms with Crippen molar-refractivity contribution in [1.82, 2.24) is 0 Å². The second kappa shape index (κ2) is 6.99. The molecule has 0 aromatic carbocycles. The quantitative estimate of drug-likeness (QED) is 0.727. The van der Waals surface area contributed by atoms with Gasteiger partial charge in [0.2, 0.25) is 0 Å². The van der Waals surface area contributed by atoms with E-state index in [0.717, 1.165) is 32.3 Å². The number of aliphatic hydroxyl groups excluding tert-OH is 1. The van der Waals surface area contributed by atoms with Gasteiger partial charge in [-0.25, -0.2) is 0 Å². The largest absolute Gasteiger partial charge is 0.393 e. The predicted octanol–water partition coefficient (Wildman–Crippen LogP) is 2.64. The molecule has 2 nitrogen and oxygen atoms in total. The molecule has 86 valence electrons. The molecular weight excluding hydrogens is 208 g/mol. The summed E-state index contributed by atoms with van der Waals surface area (Å²) >= 11 is 1.81. The Kier molecular flexibility index (Phi) is 5.91. The molecule has 0 saturated heterocycles. The molecule has 1 heterocycles. The average Bonchev–Trinajstić information content (AvgIpc) is 2.66.